The third kappa shape index (κ3) is 4.92. The second-order valence-corrected chi connectivity index (χ2v) is 8.29. The Morgan fingerprint density at radius 3 is 2.48 bits per heavy atom. The number of carbonyl (C=O) groups is 3. The summed E-state index contributed by atoms with van der Waals surface area (Å²) in [6.45, 7) is 1.71. The average Bonchev–Trinajstić information content (AvgIpc) is 3.07. The number of aryl methyl sites for hydroxylation is 1. The Labute approximate surface area is 187 Å². The van der Waals surface area contributed by atoms with Crippen LogP contribution in [0.1, 0.15) is 37.2 Å². The van der Waals surface area contributed by atoms with E-state index >= 15 is 0 Å². The predicted octanol–water partition coefficient (Wildman–Crippen LogP) is 4.40. The van der Waals surface area contributed by atoms with E-state index in [0.29, 0.717) is 26.0 Å². The van der Waals surface area contributed by atoms with E-state index < -0.39 is 29.6 Å². The van der Waals surface area contributed by atoms with Crippen LogP contribution < -0.4 is 11.1 Å². The van der Waals surface area contributed by atoms with E-state index in [1.54, 1.807) is 37.3 Å². The van der Waals surface area contributed by atoms with E-state index in [1.807, 2.05) is 0 Å². The highest BCUT2D eigenvalue weighted by atomic mass is 35.5. The summed E-state index contributed by atoms with van der Waals surface area (Å²) in [7, 11) is 1.42. The number of nitrogens with two attached hydrogens (primary N) is 1. The third-order valence-corrected chi connectivity index (χ3v) is 6.08. The van der Waals surface area contributed by atoms with Crippen molar-refractivity contribution >= 4 is 45.7 Å². The lowest BCUT2D eigenvalue weighted by atomic mass is 10.0. The molecule has 3 rings (SSSR count). The monoisotopic (exact) mass is 459 g/mol. The fourth-order valence-corrected chi connectivity index (χ4v) is 4.39. The molecule has 1 unspecified atom stereocenters. The first kappa shape index (κ1) is 22.5. The van der Waals surface area contributed by atoms with Crippen LogP contribution in [0.3, 0.4) is 0 Å². The number of rotatable bonds is 6. The Morgan fingerprint density at radius 1 is 1.13 bits per heavy atom. The smallest absolute Gasteiger partial charge is 0.264 e. The fourth-order valence-electron chi connectivity index (χ4n) is 3.11. The van der Waals surface area contributed by atoms with Gasteiger partial charge in [-0.15, -0.1) is 11.3 Å². The molecule has 1 aromatic heterocycles. The highest BCUT2D eigenvalue weighted by Gasteiger charge is 2.29. The van der Waals surface area contributed by atoms with Gasteiger partial charge in [-0.25, -0.2) is 4.39 Å². The summed E-state index contributed by atoms with van der Waals surface area (Å²) in [6, 6.07) is 12.5. The molecular formula is C22H19ClFN3O3S. The molecule has 0 aliphatic rings. The lowest BCUT2D eigenvalue weighted by molar-refractivity contribution is -0.122. The Kier molecular flexibility index (Phi) is 6.72. The van der Waals surface area contributed by atoms with Gasteiger partial charge in [0.2, 0.25) is 5.91 Å². The number of hydrogen-bond acceptors (Lipinski definition) is 4. The van der Waals surface area contributed by atoms with Gasteiger partial charge in [-0.1, -0.05) is 35.9 Å². The number of amides is 3. The van der Waals surface area contributed by atoms with E-state index in [0.717, 1.165) is 22.3 Å². The summed E-state index contributed by atoms with van der Waals surface area (Å²) in [5, 5.41) is 3.48. The Bertz CT molecular complexity index is 1160. The van der Waals surface area contributed by atoms with Gasteiger partial charge in [0.15, 0.2) is 0 Å². The van der Waals surface area contributed by atoms with E-state index in [1.165, 1.54) is 25.2 Å². The number of benzene rings is 2. The van der Waals surface area contributed by atoms with Crippen molar-refractivity contribution in [3.8, 4) is 0 Å². The van der Waals surface area contributed by atoms with Crippen molar-refractivity contribution in [3.63, 3.8) is 0 Å². The van der Waals surface area contributed by atoms with Crippen LogP contribution in [0, 0.1) is 12.7 Å². The van der Waals surface area contributed by atoms with Crippen LogP contribution >= 0.6 is 22.9 Å². The van der Waals surface area contributed by atoms with Crippen LogP contribution in [0.5, 0.6) is 0 Å². The molecule has 0 spiro atoms. The molecule has 6 nitrogen and oxygen atoms in total. The normalized spacial score (nSPS) is 11.6. The number of halogens is 2. The van der Waals surface area contributed by atoms with Crippen molar-refractivity contribution in [3.05, 3.63) is 87.0 Å². The number of anilines is 1. The molecule has 0 radical (unpaired) electrons. The molecule has 3 aromatic rings. The molecule has 0 saturated carbocycles. The summed E-state index contributed by atoms with van der Waals surface area (Å²) in [6.07, 6.45) is 0. The van der Waals surface area contributed by atoms with Crippen LogP contribution in [0.15, 0.2) is 54.6 Å². The molecule has 1 atom stereocenters. The van der Waals surface area contributed by atoms with Crippen molar-refractivity contribution < 1.29 is 18.8 Å². The van der Waals surface area contributed by atoms with Crippen LogP contribution in [0.2, 0.25) is 5.02 Å². The van der Waals surface area contributed by atoms with Crippen molar-refractivity contribution in [2.45, 2.75) is 13.0 Å². The average molecular weight is 460 g/mol. The first-order valence-corrected chi connectivity index (χ1v) is 10.4. The number of nitrogens with one attached hydrogen (secondary N) is 1. The molecule has 0 aliphatic heterocycles. The van der Waals surface area contributed by atoms with Crippen LogP contribution in [0.25, 0.3) is 0 Å². The Morgan fingerprint density at radius 2 is 1.84 bits per heavy atom. The lowest BCUT2D eigenvalue weighted by Gasteiger charge is -2.26. The summed E-state index contributed by atoms with van der Waals surface area (Å²) < 4.78 is 13.6. The van der Waals surface area contributed by atoms with Crippen molar-refractivity contribution in [1.29, 1.82) is 0 Å². The van der Waals surface area contributed by atoms with Crippen molar-refractivity contribution in [2.75, 3.05) is 12.4 Å². The minimum absolute atomic E-state index is 0.268. The van der Waals surface area contributed by atoms with Crippen LogP contribution in [0.4, 0.5) is 9.39 Å². The minimum Gasteiger partial charge on any atom is -0.368 e. The van der Waals surface area contributed by atoms with Gasteiger partial charge >= 0.3 is 0 Å². The number of hydrogen-bond donors (Lipinski definition) is 2. The van der Waals surface area contributed by atoms with Gasteiger partial charge in [-0.3, -0.25) is 14.4 Å². The van der Waals surface area contributed by atoms with E-state index in [2.05, 4.69) is 5.32 Å². The minimum atomic E-state index is -1.15. The number of primary amides is 1. The first-order chi connectivity index (χ1) is 14.7. The summed E-state index contributed by atoms with van der Waals surface area (Å²) >= 11 is 7.12. The molecule has 0 saturated heterocycles. The number of nitrogens with zero attached hydrogens (tertiary/aromatic N) is 1. The zero-order chi connectivity index (χ0) is 22.7. The second kappa shape index (κ2) is 9.28. The van der Waals surface area contributed by atoms with Gasteiger partial charge in [0, 0.05) is 7.05 Å². The van der Waals surface area contributed by atoms with Gasteiger partial charge < -0.3 is 16.0 Å². The SMILES string of the molecule is Cc1cc(NC(=O)c2ccccc2Cl)sc1C(=O)N(C)C(C(N)=O)c1cccc(F)c1. The number of carbonyl (C=O) groups excluding carboxylic acids is 3. The molecular weight excluding hydrogens is 441 g/mol. The molecule has 3 N–H and O–H groups in total. The maximum atomic E-state index is 13.6. The standard InChI is InChI=1S/C22H19ClFN3O3S/c1-12-10-17(26-21(29)15-8-3-4-9-16(15)23)31-19(12)22(30)27(2)18(20(25)28)13-6-5-7-14(24)11-13/h3-11,18H,1-2H3,(H2,25,28)(H,26,29). The zero-order valence-corrected chi connectivity index (χ0v) is 18.3. The van der Waals surface area contributed by atoms with E-state index in [4.69, 9.17) is 17.3 Å². The summed E-state index contributed by atoms with van der Waals surface area (Å²) in [4.78, 5) is 39.1. The highest BCUT2D eigenvalue weighted by Crippen LogP contribution is 2.31. The van der Waals surface area contributed by atoms with Crippen LogP contribution in [-0.4, -0.2) is 29.7 Å². The Balaban J connectivity index is 1.84. The number of thiophene rings is 1. The second-order valence-electron chi connectivity index (χ2n) is 6.83. The third-order valence-electron chi connectivity index (χ3n) is 4.61. The molecule has 3 amide bonds. The van der Waals surface area contributed by atoms with Gasteiger partial charge in [-0.05, 0) is 48.4 Å². The summed E-state index contributed by atoms with van der Waals surface area (Å²) in [5.41, 5.74) is 6.69. The molecule has 0 fully saturated rings. The van der Waals surface area contributed by atoms with Gasteiger partial charge in [0.25, 0.3) is 11.8 Å². The largest absolute Gasteiger partial charge is 0.368 e. The molecule has 0 aliphatic carbocycles. The molecule has 1 heterocycles. The highest BCUT2D eigenvalue weighted by molar-refractivity contribution is 7.18. The number of likely N-dealkylation sites (N-methyl/N-ethyl adjacent to an activating group) is 1. The molecule has 9 heteroatoms. The maximum Gasteiger partial charge on any atom is 0.264 e. The van der Waals surface area contributed by atoms with Gasteiger partial charge in [0.05, 0.1) is 20.5 Å². The predicted molar refractivity (Wildman–Crippen MR) is 119 cm³/mol. The van der Waals surface area contributed by atoms with Crippen molar-refractivity contribution in [2.24, 2.45) is 5.73 Å². The van der Waals surface area contributed by atoms with E-state index in [9.17, 15) is 18.8 Å². The fraction of sp³-hybridized carbons (Fsp3) is 0.136. The molecule has 0 bridgehead atoms. The lowest BCUT2D eigenvalue weighted by Crippen LogP contribution is -2.39. The first-order valence-electron chi connectivity index (χ1n) is 9.17. The quantitative estimate of drug-likeness (QED) is 0.572. The Hall–Kier alpha value is -3.23. The maximum absolute atomic E-state index is 13.6. The molecule has 31 heavy (non-hydrogen) atoms. The molecule has 160 valence electrons. The van der Waals surface area contributed by atoms with Gasteiger partial charge in [0.1, 0.15) is 11.9 Å². The topological polar surface area (TPSA) is 92.5 Å². The van der Waals surface area contributed by atoms with Crippen LogP contribution in [-0.2, 0) is 4.79 Å². The summed E-state index contributed by atoms with van der Waals surface area (Å²) in [5.74, 6) is -2.22. The van der Waals surface area contributed by atoms with E-state index in [-0.39, 0.29) is 5.56 Å². The van der Waals surface area contributed by atoms with Crippen molar-refractivity contribution in [1.82, 2.24) is 4.90 Å². The van der Waals surface area contributed by atoms with Gasteiger partial charge in [-0.2, -0.15) is 0 Å². The molecule has 2 aromatic carbocycles. The zero-order valence-electron chi connectivity index (χ0n) is 16.7.